The van der Waals surface area contributed by atoms with E-state index in [4.69, 9.17) is 4.52 Å². The number of hydrogen-bond acceptors (Lipinski definition) is 3. The van der Waals surface area contributed by atoms with Crippen LogP contribution in [0, 0.1) is 12.8 Å². The molecule has 2 heterocycles. The van der Waals surface area contributed by atoms with Gasteiger partial charge in [0.25, 0.3) is 0 Å². The number of rotatable bonds is 2. The lowest BCUT2D eigenvalue weighted by atomic mass is 10.1. The molecule has 2 aliphatic rings. The molecule has 1 aliphatic carbocycles. The predicted octanol–water partition coefficient (Wildman–Crippen LogP) is 2.84. The largest absolute Gasteiger partial charge is 0.359 e. The van der Waals surface area contributed by atoms with Crippen molar-refractivity contribution in [3.8, 4) is 0 Å². The number of carbonyl (C=O) groups excluding carboxylic acids is 1. The Bertz CT molecular complexity index is 435. The SMILES string of the molecule is Cc1cc(C2CCCN2C(=O)C2CCCC2)on1. The van der Waals surface area contributed by atoms with Crippen LogP contribution in [0.25, 0.3) is 0 Å². The number of carbonyl (C=O) groups is 1. The molecule has 0 aromatic carbocycles. The van der Waals surface area contributed by atoms with Gasteiger partial charge in [0.05, 0.1) is 11.7 Å². The van der Waals surface area contributed by atoms with Gasteiger partial charge in [0.15, 0.2) is 5.76 Å². The fourth-order valence-corrected chi connectivity index (χ4v) is 3.27. The standard InChI is InChI=1S/C14H20N2O2/c1-10-9-13(18-15-10)12-7-4-8-16(12)14(17)11-5-2-3-6-11/h9,11-12H,2-8H2,1H3. The van der Waals surface area contributed by atoms with E-state index in [1.807, 2.05) is 17.9 Å². The number of hydrogen-bond donors (Lipinski definition) is 0. The van der Waals surface area contributed by atoms with Crippen LogP contribution in [-0.4, -0.2) is 22.5 Å². The first-order valence-corrected chi connectivity index (χ1v) is 6.99. The summed E-state index contributed by atoms with van der Waals surface area (Å²) < 4.78 is 5.35. The second-order valence-electron chi connectivity index (χ2n) is 5.54. The van der Waals surface area contributed by atoms with Crippen molar-refractivity contribution >= 4 is 5.91 Å². The number of aryl methyl sites for hydroxylation is 1. The van der Waals surface area contributed by atoms with E-state index < -0.39 is 0 Å². The lowest BCUT2D eigenvalue weighted by Gasteiger charge is -2.25. The summed E-state index contributed by atoms with van der Waals surface area (Å²) in [6.07, 6.45) is 6.62. The summed E-state index contributed by atoms with van der Waals surface area (Å²) in [5.41, 5.74) is 0.894. The summed E-state index contributed by atoms with van der Waals surface area (Å²) in [5, 5.41) is 3.94. The van der Waals surface area contributed by atoms with Crippen molar-refractivity contribution in [2.45, 2.75) is 51.5 Å². The highest BCUT2D eigenvalue weighted by Gasteiger charge is 2.36. The van der Waals surface area contributed by atoms with Crippen LogP contribution in [0.3, 0.4) is 0 Å². The Hall–Kier alpha value is -1.32. The molecule has 1 amide bonds. The quantitative estimate of drug-likeness (QED) is 0.808. The highest BCUT2D eigenvalue weighted by Crippen LogP contribution is 2.36. The molecule has 0 spiro atoms. The molecule has 18 heavy (non-hydrogen) atoms. The zero-order chi connectivity index (χ0) is 12.5. The fraction of sp³-hybridized carbons (Fsp3) is 0.714. The first-order chi connectivity index (χ1) is 8.75. The topological polar surface area (TPSA) is 46.3 Å². The van der Waals surface area contributed by atoms with Gasteiger partial charge in [-0.3, -0.25) is 4.79 Å². The number of likely N-dealkylation sites (tertiary alicyclic amines) is 1. The monoisotopic (exact) mass is 248 g/mol. The maximum absolute atomic E-state index is 12.5. The van der Waals surface area contributed by atoms with Crippen LogP contribution in [0.1, 0.15) is 56.0 Å². The highest BCUT2D eigenvalue weighted by molar-refractivity contribution is 5.79. The molecule has 2 fully saturated rings. The van der Waals surface area contributed by atoms with Crippen LogP contribution < -0.4 is 0 Å². The zero-order valence-electron chi connectivity index (χ0n) is 10.9. The highest BCUT2D eigenvalue weighted by atomic mass is 16.5. The van der Waals surface area contributed by atoms with Gasteiger partial charge in [-0.15, -0.1) is 0 Å². The van der Waals surface area contributed by atoms with Crippen molar-refractivity contribution in [1.82, 2.24) is 10.1 Å². The summed E-state index contributed by atoms with van der Waals surface area (Å²) >= 11 is 0. The van der Waals surface area contributed by atoms with Gasteiger partial charge >= 0.3 is 0 Å². The van der Waals surface area contributed by atoms with E-state index in [2.05, 4.69) is 5.16 Å². The Morgan fingerprint density at radius 3 is 2.78 bits per heavy atom. The van der Waals surface area contributed by atoms with Crippen LogP contribution in [0.5, 0.6) is 0 Å². The van der Waals surface area contributed by atoms with Crippen LogP contribution in [0.4, 0.5) is 0 Å². The van der Waals surface area contributed by atoms with Crippen LogP contribution in [0.15, 0.2) is 10.6 Å². The molecule has 1 aromatic heterocycles. The van der Waals surface area contributed by atoms with Gasteiger partial charge < -0.3 is 9.42 Å². The van der Waals surface area contributed by atoms with Crippen LogP contribution in [0.2, 0.25) is 0 Å². The van der Waals surface area contributed by atoms with Crippen molar-refractivity contribution in [3.05, 3.63) is 17.5 Å². The van der Waals surface area contributed by atoms with Crippen molar-refractivity contribution in [2.24, 2.45) is 5.92 Å². The van der Waals surface area contributed by atoms with E-state index in [0.717, 1.165) is 43.7 Å². The van der Waals surface area contributed by atoms with Crippen molar-refractivity contribution < 1.29 is 9.32 Å². The van der Waals surface area contributed by atoms with Crippen LogP contribution in [-0.2, 0) is 4.79 Å². The van der Waals surface area contributed by atoms with E-state index in [1.165, 1.54) is 12.8 Å². The van der Waals surface area contributed by atoms with E-state index in [1.54, 1.807) is 0 Å². The van der Waals surface area contributed by atoms with E-state index in [-0.39, 0.29) is 12.0 Å². The molecule has 4 nitrogen and oxygen atoms in total. The molecule has 4 heteroatoms. The van der Waals surface area contributed by atoms with Crippen molar-refractivity contribution in [3.63, 3.8) is 0 Å². The summed E-state index contributed by atoms with van der Waals surface area (Å²) in [6.45, 7) is 2.80. The Balaban J connectivity index is 1.76. The van der Waals surface area contributed by atoms with Gasteiger partial charge in [-0.25, -0.2) is 0 Å². The number of aromatic nitrogens is 1. The summed E-state index contributed by atoms with van der Waals surface area (Å²) in [5.74, 6) is 1.45. The fourth-order valence-electron chi connectivity index (χ4n) is 3.27. The molecule has 0 radical (unpaired) electrons. The normalized spacial score (nSPS) is 24.9. The minimum atomic E-state index is 0.124. The molecule has 1 aromatic rings. The Morgan fingerprint density at radius 2 is 2.11 bits per heavy atom. The summed E-state index contributed by atoms with van der Waals surface area (Å²) in [6, 6.07) is 2.09. The minimum absolute atomic E-state index is 0.124. The Kier molecular flexibility index (Phi) is 3.10. The lowest BCUT2D eigenvalue weighted by molar-refractivity contribution is -0.136. The number of amides is 1. The molecule has 3 rings (SSSR count). The van der Waals surface area contributed by atoms with Gasteiger partial charge in [0, 0.05) is 18.5 Å². The average molecular weight is 248 g/mol. The first kappa shape index (κ1) is 11.8. The van der Waals surface area contributed by atoms with Gasteiger partial charge in [-0.1, -0.05) is 18.0 Å². The first-order valence-electron chi connectivity index (χ1n) is 6.99. The third-order valence-corrected chi connectivity index (χ3v) is 4.21. The zero-order valence-corrected chi connectivity index (χ0v) is 10.9. The van der Waals surface area contributed by atoms with E-state index in [0.29, 0.717) is 5.91 Å². The molecule has 1 saturated heterocycles. The van der Waals surface area contributed by atoms with E-state index in [9.17, 15) is 4.79 Å². The van der Waals surface area contributed by atoms with Gasteiger partial charge in [-0.2, -0.15) is 0 Å². The lowest BCUT2D eigenvalue weighted by Crippen LogP contribution is -2.34. The van der Waals surface area contributed by atoms with Crippen LogP contribution >= 0.6 is 0 Å². The molecular formula is C14H20N2O2. The second kappa shape index (κ2) is 4.75. The maximum atomic E-state index is 12.5. The molecule has 98 valence electrons. The Morgan fingerprint density at radius 1 is 1.33 bits per heavy atom. The molecule has 1 aliphatic heterocycles. The number of nitrogens with zero attached hydrogens (tertiary/aromatic N) is 2. The molecule has 1 atom stereocenters. The maximum Gasteiger partial charge on any atom is 0.226 e. The average Bonchev–Trinajstić information content (AvgIpc) is 3.09. The van der Waals surface area contributed by atoms with Gasteiger partial charge in [0.1, 0.15) is 0 Å². The molecule has 0 bridgehead atoms. The van der Waals surface area contributed by atoms with Crippen molar-refractivity contribution in [1.29, 1.82) is 0 Å². The molecular weight excluding hydrogens is 228 g/mol. The van der Waals surface area contributed by atoms with Gasteiger partial charge in [0.2, 0.25) is 5.91 Å². The minimum Gasteiger partial charge on any atom is -0.359 e. The van der Waals surface area contributed by atoms with Gasteiger partial charge in [-0.05, 0) is 32.6 Å². The predicted molar refractivity (Wildman–Crippen MR) is 66.9 cm³/mol. The third-order valence-electron chi connectivity index (χ3n) is 4.21. The summed E-state index contributed by atoms with van der Waals surface area (Å²) in [7, 11) is 0. The Labute approximate surface area is 107 Å². The summed E-state index contributed by atoms with van der Waals surface area (Å²) in [4.78, 5) is 14.5. The third kappa shape index (κ3) is 2.04. The van der Waals surface area contributed by atoms with Crippen molar-refractivity contribution in [2.75, 3.05) is 6.54 Å². The second-order valence-corrected chi connectivity index (χ2v) is 5.54. The molecule has 0 N–H and O–H groups in total. The molecule has 1 saturated carbocycles. The smallest absolute Gasteiger partial charge is 0.226 e. The molecule has 1 unspecified atom stereocenters. The van der Waals surface area contributed by atoms with E-state index >= 15 is 0 Å².